The zero-order valence-electron chi connectivity index (χ0n) is 13.0. The van der Waals surface area contributed by atoms with Crippen LogP contribution in [0.1, 0.15) is 38.2 Å². The Morgan fingerprint density at radius 1 is 1.26 bits per heavy atom. The van der Waals surface area contributed by atoms with Crippen molar-refractivity contribution in [1.29, 1.82) is 0 Å². The quantitative estimate of drug-likeness (QED) is 0.281. The fourth-order valence-electron chi connectivity index (χ4n) is 2.64. The Morgan fingerprint density at radius 2 is 1.96 bits per heavy atom. The van der Waals surface area contributed by atoms with Gasteiger partial charge in [-0.25, -0.2) is 9.18 Å². The number of benzene rings is 1. The predicted octanol–water partition coefficient (Wildman–Crippen LogP) is 3.10. The van der Waals surface area contributed by atoms with Crippen molar-refractivity contribution in [2.45, 2.75) is 32.6 Å². The minimum atomic E-state index is -0.969. The standard InChI is InChI=1S/C18H19FO4/c1-2-23-18(22)17(21)15-6-4-3-5-13(16(15)20)11-12-7-9-14(19)10-8-12/h7-11,15H,2-6H2,1H3/b13-11-. The van der Waals surface area contributed by atoms with Crippen LogP contribution in [0.15, 0.2) is 29.8 Å². The van der Waals surface area contributed by atoms with Crippen LogP contribution < -0.4 is 0 Å². The fraction of sp³-hybridized carbons (Fsp3) is 0.389. The highest BCUT2D eigenvalue weighted by molar-refractivity contribution is 6.39. The molecule has 1 saturated carbocycles. The van der Waals surface area contributed by atoms with Gasteiger partial charge >= 0.3 is 5.97 Å². The summed E-state index contributed by atoms with van der Waals surface area (Å²) in [5, 5.41) is 0. The smallest absolute Gasteiger partial charge is 0.375 e. The van der Waals surface area contributed by atoms with Gasteiger partial charge in [0.2, 0.25) is 0 Å². The van der Waals surface area contributed by atoms with Crippen LogP contribution in [0.2, 0.25) is 0 Å². The number of hydrogen-bond acceptors (Lipinski definition) is 4. The molecule has 23 heavy (non-hydrogen) atoms. The van der Waals surface area contributed by atoms with Crippen LogP contribution in [-0.2, 0) is 19.1 Å². The highest BCUT2D eigenvalue weighted by atomic mass is 19.1. The number of ketones is 2. The second-order valence-electron chi connectivity index (χ2n) is 5.47. The molecule has 122 valence electrons. The van der Waals surface area contributed by atoms with Gasteiger partial charge in [-0.2, -0.15) is 0 Å². The largest absolute Gasteiger partial charge is 0.460 e. The Bertz CT molecular complexity index is 631. The van der Waals surface area contributed by atoms with Crippen LogP contribution in [0.5, 0.6) is 0 Å². The van der Waals surface area contributed by atoms with Gasteiger partial charge in [0, 0.05) is 0 Å². The lowest BCUT2D eigenvalue weighted by atomic mass is 9.91. The van der Waals surface area contributed by atoms with Gasteiger partial charge in [-0.15, -0.1) is 0 Å². The van der Waals surface area contributed by atoms with E-state index in [1.807, 2.05) is 0 Å². The third kappa shape index (κ3) is 4.34. The third-order valence-corrected chi connectivity index (χ3v) is 3.83. The van der Waals surface area contributed by atoms with Crippen molar-refractivity contribution in [3.8, 4) is 0 Å². The molecule has 0 saturated heterocycles. The zero-order chi connectivity index (χ0) is 16.8. The fourth-order valence-corrected chi connectivity index (χ4v) is 2.64. The number of carbonyl (C=O) groups is 3. The van der Waals surface area contributed by atoms with Crippen LogP contribution in [0.3, 0.4) is 0 Å². The van der Waals surface area contributed by atoms with Crippen molar-refractivity contribution in [1.82, 2.24) is 0 Å². The van der Waals surface area contributed by atoms with E-state index in [1.165, 1.54) is 12.1 Å². The summed E-state index contributed by atoms with van der Waals surface area (Å²) >= 11 is 0. The molecule has 1 aliphatic carbocycles. The second kappa shape index (κ2) is 7.81. The topological polar surface area (TPSA) is 60.4 Å². The molecule has 0 aliphatic heterocycles. The van der Waals surface area contributed by atoms with Crippen molar-refractivity contribution in [2.75, 3.05) is 6.61 Å². The highest BCUT2D eigenvalue weighted by Gasteiger charge is 2.35. The molecule has 0 heterocycles. The number of ether oxygens (including phenoxy) is 1. The lowest BCUT2D eigenvalue weighted by Gasteiger charge is -2.12. The molecule has 1 fully saturated rings. The number of Topliss-reactive ketones (excluding diaryl/α,β-unsaturated/α-hetero) is 2. The lowest BCUT2D eigenvalue weighted by Crippen LogP contribution is -2.31. The lowest BCUT2D eigenvalue weighted by molar-refractivity contribution is -0.156. The number of rotatable bonds is 4. The first-order valence-corrected chi connectivity index (χ1v) is 7.74. The van der Waals surface area contributed by atoms with Gasteiger partial charge in [0.25, 0.3) is 5.78 Å². The molecule has 5 heteroatoms. The van der Waals surface area contributed by atoms with Crippen molar-refractivity contribution in [3.63, 3.8) is 0 Å². The first-order valence-electron chi connectivity index (χ1n) is 7.74. The molecule has 0 N–H and O–H groups in total. The van der Waals surface area contributed by atoms with Crippen LogP contribution >= 0.6 is 0 Å². The van der Waals surface area contributed by atoms with Crippen molar-refractivity contribution < 1.29 is 23.5 Å². The molecule has 0 spiro atoms. The van der Waals surface area contributed by atoms with Crippen molar-refractivity contribution in [2.24, 2.45) is 5.92 Å². The van der Waals surface area contributed by atoms with E-state index < -0.39 is 17.7 Å². The van der Waals surface area contributed by atoms with Gasteiger partial charge in [-0.3, -0.25) is 9.59 Å². The molecule has 2 rings (SSSR count). The van der Waals surface area contributed by atoms with E-state index in [-0.39, 0.29) is 18.2 Å². The Morgan fingerprint density at radius 3 is 2.61 bits per heavy atom. The molecule has 0 amide bonds. The molecule has 0 radical (unpaired) electrons. The van der Waals surface area contributed by atoms with E-state index in [1.54, 1.807) is 25.1 Å². The molecule has 0 bridgehead atoms. The predicted molar refractivity (Wildman–Crippen MR) is 83.0 cm³/mol. The van der Waals surface area contributed by atoms with E-state index >= 15 is 0 Å². The van der Waals surface area contributed by atoms with Gasteiger partial charge < -0.3 is 4.74 Å². The molecule has 1 unspecified atom stereocenters. The minimum absolute atomic E-state index is 0.101. The van der Waals surface area contributed by atoms with Crippen LogP contribution in [0, 0.1) is 11.7 Å². The number of carbonyl (C=O) groups excluding carboxylic acids is 3. The molecule has 4 nitrogen and oxygen atoms in total. The number of esters is 1. The van der Waals surface area contributed by atoms with E-state index in [4.69, 9.17) is 4.74 Å². The van der Waals surface area contributed by atoms with Crippen LogP contribution in [-0.4, -0.2) is 24.1 Å². The monoisotopic (exact) mass is 318 g/mol. The highest BCUT2D eigenvalue weighted by Crippen LogP contribution is 2.27. The average molecular weight is 318 g/mol. The third-order valence-electron chi connectivity index (χ3n) is 3.83. The maximum absolute atomic E-state index is 13.0. The summed E-state index contributed by atoms with van der Waals surface area (Å²) in [6, 6.07) is 5.77. The number of allylic oxidation sites excluding steroid dienone is 1. The first-order chi connectivity index (χ1) is 11.0. The molecular formula is C18H19FO4. The summed E-state index contributed by atoms with van der Waals surface area (Å²) in [7, 11) is 0. The van der Waals surface area contributed by atoms with Crippen LogP contribution in [0.25, 0.3) is 6.08 Å². The van der Waals surface area contributed by atoms with Gasteiger partial charge in [-0.1, -0.05) is 18.6 Å². The second-order valence-corrected chi connectivity index (χ2v) is 5.47. The SMILES string of the molecule is CCOC(=O)C(=O)C1CCCC/C(=C/c2ccc(F)cc2)C1=O. The minimum Gasteiger partial charge on any atom is -0.460 e. The number of hydrogen-bond donors (Lipinski definition) is 0. The summed E-state index contributed by atoms with van der Waals surface area (Å²) in [6.07, 6.45) is 4.03. The Balaban J connectivity index is 2.23. The molecule has 0 aromatic heterocycles. The van der Waals surface area contributed by atoms with Crippen molar-refractivity contribution >= 4 is 23.6 Å². The van der Waals surface area contributed by atoms with Gasteiger partial charge in [0.1, 0.15) is 5.82 Å². The van der Waals surface area contributed by atoms with E-state index in [2.05, 4.69) is 0 Å². The molecule has 1 aromatic carbocycles. The summed E-state index contributed by atoms with van der Waals surface area (Å²) in [4.78, 5) is 36.3. The normalized spacial score (nSPS) is 20.2. The van der Waals surface area contributed by atoms with E-state index in [0.29, 0.717) is 30.4 Å². The summed E-state index contributed by atoms with van der Waals surface area (Å²) in [5.74, 6) is -3.37. The van der Waals surface area contributed by atoms with E-state index in [9.17, 15) is 18.8 Å². The molecule has 1 atom stereocenters. The maximum Gasteiger partial charge on any atom is 0.375 e. The molecule has 1 aromatic rings. The number of halogens is 1. The Kier molecular flexibility index (Phi) is 5.79. The molecule has 1 aliphatic rings. The average Bonchev–Trinajstić information content (AvgIpc) is 2.71. The van der Waals surface area contributed by atoms with Gasteiger partial charge in [0.15, 0.2) is 5.78 Å². The summed E-state index contributed by atoms with van der Waals surface area (Å²) in [6.45, 7) is 1.71. The van der Waals surface area contributed by atoms with Crippen molar-refractivity contribution in [3.05, 3.63) is 41.2 Å². The Labute approximate surface area is 134 Å². The molecular weight excluding hydrogens is 299 g/mol. The van der Waals surface area contributed by atoms with Gasteiger partial charge in [0.05, 0.1) is 12.5 Å². The maximum atomic E-state index is 13.0. The van der Waals surface area contributed by atoms with Crippen LogP contribution in [0.4, 0.5) is 4.39 Å². The Hall–Kier alpha value is -2.30. The summed E-state index contributed by atoms with van der Waals surface area (Å²) in [5.41, 5.74) is 1.19. The summed E-state index contributed by atoms with van der Waals surface area (Å²) < 4.78 is 17.7. The van der Waals surface area contributed by atoms with E-state index in [0.717, 1.165) is 6.42 Å². The van der Waals surface area contributed by atoms with Gasteiger partial charge in [-0.05, 0) is 55.5 Å². The first kappa shape index (κ1) is 17.1. The zero-order valence-corrected chi connectivity index (χ0v) is 13.0.